The van der Waals surface area contributed by atoms with Gasteiger partial charge in [0.05, 0.1) is 18.1 Å². The first-order valence-electron chi connectivity index (χ1n) is 8.77. The van der Waals surface area contributed by atoms with Gasteiger partial charge in [-0.15, -0.1) is 0 Å². The van der Waals surface area contributed by atoms with Crippen LogP contribution in [0.5, 0.6) is 0 Å². The molecule has 0 unspecified atom stereocenters. The molecule has 1 heterocycles. The third-order valence-electron chi connectivity index (χ3n) is 4.33. The standard InChI is InChI=1S/C19H20F3N3O2S/c1-11(9-27-2)23-15(26)10-28-18-24-16-13-6-4-3-5-12(13)7-8-14(16)17(25-18)19(20,21)22/h3-6,11H,7-10H2,1-2H3,(H,23,26)/t11-/m1/s1. The maximum absolute atomic E-state index is 13.6. The van der Waals surface area contributed by atoms with E-state index in [1.807, 2.05) is 12.1 Å². The number of ether oxygens (including phenoxy) is 1. The molecule has 0 fully saturated rings. The highest BCUT2D eigenvalue weighted by Crippen LogP contribution is 2.40. The molecule has 150 valence electrons. The lowest BCUT2D eigenvalue weighted by Crippen LogP contribution is -2.36. The average molecular weight is 411 g/mol. The number of nitrogens with zero attached hydrogens (tertiary/aromatic N) is 2. The van der Waals surface area contributed by atoms with Gasteiger partial charge in [-0.1, -0.05) is 36.0 Å². The van der Waals surface area contributed by atoms with Gasteiger partial charge in [-0.2, -0.15) is 13.2 Å². The van der Waals surface area contributed by atoms with Crippen LogP contribution in [0.4, 0.5) is 13.2 Å². The largest absolute Gasteiger partial charge is 0.433 e. The number of hydrogen-bond donors (Lipinski definition) is 1. The third kappa shape index (κ3) is 4.64. The molecular formula is C19H20F3N3O2S. The summed E-state index contributed by atoms with van der Waals surface area (Å²) < 4.78 is 45.7. The fourth-order valence-corrected chi connectivity index (χ4v) is 3.84. The van der Waals surface area contributed by atoms with Crippen LogP contribution in [0.2, 0.25) is 0 Å². The van der Waals surface area contributed by atoms with Gasteiger partial charge in [0.15, 0.2) is 10.9 Å². The number of hydrogen-bond acceptors (Lipinski definition) is 5. The predicted octanol–water partition coefficient (Wildman–Crippen LogP) is 3.50. The van der Waals surface area contributed by atoms with Crippen molar-refractivity contribution in [3.05, 3.63) is 41.1 Å². The van der Waals surface area contributed by atoms with Crippen LogP contribution in [0.3, 0.4) is 0 Å². The zero-order valence-corrected chi connectivity index (χ0v) is 16.3. The van der Waals surface area contributed by atoms with Crippen LogP contribution in [-0.2, 0) is 28.5 Å². The maximum atomic E-state index is 13.6. The Morgan fingerprint density at radius 3 is 2.75 bits per heavy atom. The number of carbonyl (C=O) groups is 1. The second-order valence-electron chi connectivity index (χ2n) is 6.55. The Hall–Kier alpha value is -2.13. The number of aryl methyl sites for hydroxylation is 1. The molecule has 2 aromatic rings. The Kier molecular flexibility index (Phi) is 6.24. The number of rotatable bonds is 6. The van der Waals surface area contributed by atoms with Crippen LogP contribution in [0.1, 0.15) is 23.7 Å². The first-order chi connectivity index (χ1) is 13.3. The van der Waals surface area contributed by atoms with Gasteiger partial charge in [-0.25, -0.2) is 9.97 Å². The number of methoxy groups -OCH3 is 1. The Morgan fingerprint density at radius 1 is 1.29 bits per heavy atom. The molecule has 1 aliphatic rings. The molecule has 1 aromatic heterocycles. The summed E-state index contributed by atoms with van der Waals surface area (Å²) in [5.41, 5.74) is 1.16. The number of carbonyl (C=O) groups excluding carboxylic acids is 1. The van der Waals surface area contributed by atoms with E-state index in [9.17, 15) is 18.0 Å². The first-order valence-corrected chi connectivity index (χ1v) is 9.75. The van der Waals surface area contributed by atoms with Gasteiger partial charge in [-0.05, 0) is 25.3 Å². The highest BCUT2D eigenvalue weighted by molar-refractivity contribution is 7.99. The van der Waals surface area contributed by atoms with E-state index in [1.165, 1.54) is 7.11 Å². The van der Waals surface area contributed by atoms with Crippen molar-refractivity contribution in [3.63, 3.8) is 0 Å². The van der Waals surface area contributed by atoms with E-state index in [0.717, 1.165) is 17.3 Å². The number of aromatic nitrogens is 2. The molecule has 1 amide bonds. The van der Waals surface area contributed by atoms with Crippen LogP contribution in [0.25, 0.3) is 11.3 Å². The van der Waals surface area contributed by atoms with Crippen molar-refractivity contribution in [3.8, 4) is 11.3 Å². The molecule has 0 spiro atoms. The second-order valence-corrected chi connectivity index (χ2v) is 7.49. The lowest BCUT2D eigenvalue weighted by Gasteiger charge is -2.22. The minimum atomic E-state index is -4.58. The van der Waals surface area contributed by atoms with Gasteiger partial charge in [0, 0.05) is 24.3 Å². The highest BCUT2D eigenvalue weighted by Gasteiger charge is 2.38. The molecule has 5 nitrogen and oxygen atoms in total. The summed E-state index contributed by atoms with van der Waals surface area (Å²) in [7, 11) is 1.52. The average Bonchev–Trinajstić information content (AvgIpc) is 2.65. The van der Waals surface area contributed by atoms with Crippen LogP contribution < -0.4 is 5.32 Å². The molecule has 1 atom stereocenters. The molecule has 0 aliphatic heterocycles. The van der Waals surface area contributed by atoms with E-state index in [4.69, 9.17) is 4.74 Å². The minimum absolute atomic E-state index is 0.0580. The SMILES string of the molecule is COC[C@@H](C)NC(=O)CSc1nc2c(c(C(F)(F)F)n1)CCc1ccccc1-2. The monoisotopic (exact) mass is 411 g/mol. The van der Waals surface area contributed by atoms with Gasteiger partial charge in [-0.3, -0.25) is 4.79 Å². The van der Waals surface area contributed by atoms with Gasteiger partial charge >= 0.3 is 6.18 Å². The van der Waals surface area contributed by atoms with Crippen molar-refractivity contribution in [1.29, 1.82) is 0 Å². The first kappa shape index (κ1) is 20.6. The summed E-state index contributed by atoms with van der Waals surface area (Å²) in [5, 5.41) is 2.65. The molecule has 0 bridgehead atoms. The van der Waals surface area contributed by atoms with Gasteiger partial charge in [0.25, 0.3) is 0 Å². The Labute approximate surface area is 165 Å². The lowest BCUT2D eigenvalue weighted by molar-refractivity contribution is -0.142. The highest BCUT2D eigenvalue weighted by atomic mass is 32.2. The summed E-state index contributed by atoms with van der Waals surface area (Å²) in [5.74, 6) is -0.393. The second kappa shape index (κ2) is 8.48. The van der Waals surface area contributed by atoms with Gasteiger partial charge in [0.2, 0.25) is 5.91 Å². The predicted molar refractivity (Wildman–Crippen MR) is 100 cm³/mol. The van der Waals surface area contributed by atoms with E-state index in [-0.39, 0.29) is 34.8 Å². The lowest BCUT2D eigenvalue weighted by atomic mass is 9.88. The van der Waals surface area contributed by atoms with E-state index >= 15 is 0 Å². The van der Waals surface area contributed by atoms with Crippen molar-refractivity contribution < 1.29 is 22.7 Å². The zero-order chi connectivity index (χ0) is 20.3. The number of fused-ring (bicyclic) bond motifs is 3. The van der Waals surface area contributed by atoms with E-state index in [2.05, 4.69) is 15.3 Å². The molecule has 1 aromatic carbocycles. The van der Waals surface area contributed by atoms with Crippen LogP contribution in [-0.4, -0.2) is 41.4 Å². The van der Waals surface area contributed by atoms with Crippen molar-refractivity contribution in [2.45, 2.75) is 37.1 Å². The maximum Gasteiger partial charge on any atom is 0.433 e. The molecule has 9 heteroatoms. The van der Waals surface area contributed by atoms with Crippen LogP contribution in [0, 0.1) is 0 Å². The summed E-state index contributed by atoms with van der Waals surface area (Å²) in [6, 6.07) is 7.11. The smallest absolute Gasteiger partial charge is 0.383 e. The van der Waals surface area contributed by atoms with Gasteiger partial charge < -0.3 is 10.1 Å². The summed E-state index contributed by atoms with van der Waals surface area (Å²) in [6.45, 7) is 2.13. The summed E-state index contributed by atoms with van der Waals surface area (Å²) in [6.07, 6.45) is -3.83. The van der Waals surface area contributed by atoms with Crippen molar-refractivity contribution in [1.82, 2.24) is 15.3 Å². The zero-order valence-electron chi connectivity index (χ0n) is 15.5. The number of benzene rings is 1. The number of amides is 1. The van der Waals surface area contributed by atoms with Crippen molar-refractivity contribution in [2.75, 3.05) is 19.5 Å². The fraction of sp³-hybridized carbons (Fsp3) is 0.421. The summed E-state index contributed by atoms with van der Waals surface area (Å²) in [4.78, 5) is 20.1. The Bertz CT molecular complexity index is 874. The van der Waals surface area contributed by atoms with Crippen molar-refractivity contribution >= 4 is 17.7 Å². The molecular weight excluding hydrogens is 391 g/mol. The molecule has 3 rings (SSSR count). The minimum Gasteiger partial charge on any atom is -0.383 e. The Balaban J connectivity index is 1.88. The van der Waals surface area contributed by atoms with Crippen LogP contribution in [0.15, 0.2) is 29.4 Å². The molecule has 0 saturated heterocycles. The fourth-order valence-electron chi connectivity index (χ4n) is 3.19. The third-order valence-corrected chi connectivity index (χ3v) is 5.18. The molecule has 28 heavy (non-hydrogen) atoms. The molecule has 1 N–H and O–H groups in total. The normalized spacial score (nSPS) is 14.2. The Morgan fingerprint density at radius 2 is 2.04 bits per heavy atom. The molecule has 0 radical (unpaired) electrons. The van der Waals surface area contributed by atoms with Crippen molar-refractivity contribution in [2.24, 2.45) is 0 Å². The van der Waals surface area contributed by atoms with E-state index in [0.29, 0.717) is 24.3 Å². The topological polar surface area (TPSA) is 64.1 Å². The quantitative estimate of drug-likeness (QED) is 0.582. The molecule has 0 saturated carbocycles. The number of alkyl halides is 3. The van der Waals surface area contributed by atoms with E-state index in [1.54, 1.807) is 19.1 Å². The summed E-state index contributed by atoms with van der Waals surface area (Å²) >= 11 is 0.891. The number of halogens is 3. The van der Waals surface area contributed by atoms with E-state index < -0.39 is 11.9 Å². The van der Waals surface area contributed by atoms with Crippen LogP contribution >= 0.6 is 11.8 Å². The van der Waals surface area contributed by atoms with Gasteiger partial charge in [0.1, 0.15) is 0 Å². The number of nitrogens with one attached hydrogen (secondary N) is 1. The number of thioether (sulfide) groups is 1. The molecule has 1 aliphatic carbocycles.